The number of aliphatic hydroxyl groups is 1. The first-order chi connectivity index (χ1) is 19.5. The minimum Gasteiger partial charge on any atom is -0.389 e. The average molecular weight is 525 g/mol. The molecule has 196 valence electrons. The highest BCUT2D eigenvalue weighted by Gasteiger charge is 2.58. The minimum atomic E-state index is -0.593. The van der Waals surface area contributed by atoms with Gasteiger partial charge in [-0.1, -0.05) is 84.9 Å². The third kappa shape index (κ3) is 3.66. The van der Waals surface area contributed by atoms with E-state index in [4.69, 9.17) is 15.7 Å². The monoisotopic (exact) mass is 524 g/mol. The minimum absolute atomic E-state index is 0.421. The van der Waals surface area contributed by atoms with Crippen LogP contribution in [0.1, 0.15) is 31.2 Å². The Morgan fingerprint density at radius 2 is 1.32 bits per heavy atom. The van der Waals surface area contributed by atoms with Gasteiger partial charge < -0.3 is 10.8 Å². The molecule has 40 heavy (non-hydrogen) atoms. The molecule has 7 nitrogen and oxygen atoms in total. The van der Waals surface area contributed by atoms with Gasteiger partial charge in [-0.05, 0) is 49.3 Å². The van der Waals surface area contributed by atoms with Gasteiger partial charge in [0, 0.05) is 22.2 Å². The second-order valence-corrected chi connectivity index (χ2v) is 11.4. The number of aromatic nitrogens is 5. The van der Waals surface area contributed by atoms with E-state index < -0.39 is 11.1 Å². The van der Waals surface area contributed by atoms with Crippen LogP contribution < -0.4 is 5.73 Å². The Morgan fingerprint density at radius 3 is 2.00 bits per heavy atom. The predicted octanol–water partition coefficient (Wildman–Crippen LogP) is 5.76. The van der Waals surface area contributed by atoms with Crippen LogP contribution in [0, 0.1) is 5.92 Å². The maximum atomic E-state index is 10.9. The summed E-state index contributed by atoms with van der Waals surface area (Å²) < 4.78 is 1.98. The van der Waals surface area contributed by atoms with Crippen LogP contribution in [0.25, 0.3) is 50.7 Å². The molecule has 0 unspecified atom stereocenters. The second kappa shape index (κ2) is 8.52. The van der Waals surface area contributed by atoms with Crippen LogP contribution in [0.2, 0.25) is 0 Å². The lowest BCUT2D eigenvalue weighted by Crippen LogP contribution is -2.60. The highest BCUT2D eigenvalue weighted by atomic mass is 16.3. The largest absolute Gasteiger partial charge is 0.389 e. The van der Waals surface area contributed by atoms with Crippen LogP contribution in [0.5, 0.6) is 0 Å². The van der Waals surface area contributed by atoms with Gasteiger partial charge in [0.25, 0.3) is 0 Å². The molecule has 0 saturated heterocycles. The van der Waals surface area contributed by atoms with E-state index in [2.05, 4.69) is 46.6 Å². The Balaban J connectivity index is 1.27. The number of fused-ring (bicyclic) bond motifs is 3. The Morgan fingerprint density at radius 1 is 0.700 bits per heavy atom. The molecule has 0 bridgehead atoms. The van der Waals surface area contributed by atoms with Crippen LogP contribution >= 0.6 is 0 Å². The Bertz CT molecular complexity index is 1870. The summed E-state index contributed by atoms with van der Waals surface area (Å²) in [6.07, 6.45) is 3.47. The van der Waals surface area contributed by atoms with Crippen molar-refractivity contribution in [2.24, 2.45) is 11.7 Å². The molecule has 2 saturated carbocycles. The molecule has 0 spiro atoms. The average Bonchev–Trinajstić information content (AvgIpc) is 3.76. The van der Waals surface area contributed by atoms with E-state index in [-0.39, 0.29) is 0 Å². The summed E-state index contributed by atoms with van der Waals surface area (Å²) in [5, 5.41) is 19.8. The van der Waals surface area contributed by atoms with E-state index in [0.29, 0.717) is 24.4 Å². The third-order valence-corrected chi connectivity index (χ3v) is 8.59. The van der Waals surface area contributed by atoms with Gasteiger partial charge in [-0.25, -0.2) is 9.97 Å². The van der Waals surface area contributed by atoms with Crippen molar-refractivity contribution in [1.29, 1.82) is 0 Å². The van der Waals surface area contributed by atoms with Gasteiger partial charge in [-0.15, -0.1) is 10.2 Å². The zero-order valence-electron chi connectivity index (χ0n) is 21.9. The molecule has 0 radical (unpaired) electrons. The van der Waals surface area contributed by atoms with E-state index in [1.165, 1.54) is 0 Å². The maximum Gasteiger partial charge on any atom is 0.170 e. The number of hydrogen-bond donors (Lipinski definition) is 2. The van der Waals surface area contributed by atoms with Crippen LogP contribution in [-0.2, 0) is 5.54 Å². The highest BCUT2D eigenvalue weighted by Crippen LogP contribution is 2.57. The molecule has 0 atom stereocenters. The molecule has 0 amide bonds. The molecule has 2 aliphatic carbocycles. The van der Waals surface area contributed by atoms with Crippen LogP contribution in [0.15, 0.2) is 97.1 Å². The molecule has 6 aromatic rings. The topological polar surface area (TPSA) is 102 Å². The fourth-order valence-corrected chi connectivity index (χ4v) is 6.37. The number of benzene rings is 3. The molecule has 0 aliphatic heterocycles. The smallest absolute Gasteiger partial charge is 0.170 e. The molecule has 3 heterocycles. The molecular formula is C33H28N6O. The van der Waals surface area contributed by atoms with Crippen molar-refractivity contribution in [3.05, 3.63) is 103 Å². The summed E-state index contributed by atoms with van der Waals surface area (Å²) in [4.78, 5) is 10.4. The highest BCUT2D eigenvalue weighted by molar-refractivity contribution is 5.87. The van der Waals surface area contributed by atoms with E-state index in [1.54, 1.807) is 0 Å². The number of nitrogens with two attached hydrogens (primary N) is 1. The molecule has 8 rings (SSSR count). The van der Waals surface area contributed by atoms with Gasteiger partial charge in [0.05, 0.1) is 17.0 Å². The lowest BCUT2D eigenvalue weighted by molar-refractivity contribution is -0.106. The number of hydrogen-bond acceptors (Lipinski definition) is 6. The normalized spacial score (nSPS) is 22.4. The first-order valence-corrected chi connectivity index (χ1v) is 13.8. The van der Waals surface area contributed by atoms with Gasteiger partial charge >= 0.3 is 0 Å². The molecule has 7 heteroatoms. The van der Waals surface area contributed by atoms with E-state index in [9.17, 15) is 5.11 Å². The molecule has 3 aromatic heterocycles. The third-order valence-electron chi connectivity index (χ3n) is 8.59. The van der Waals surface area contributed by atoms with Crippen LogP contribution in [0.3, 0.4) is 0 Å². The van der Waals surface area contributed by atoms with E-state index in [1.807, 2.05) is 65.1 Å². The van der Waals surface area contributed by atoms with Crippen molar-refractivity contribution in [3.63, 3.8) is 0 Å². The van der Waals surface area contributed by atoms with E-state index >= 15 is 0 Å². The first kappa shape index (κ1) is 23.4. The van der Waals surface area contributed by atoms with Crippen molar-refractivity contribution in [1.82, 2.24) is 24.6 Å². The number of pyridine rings is 1. The summed E-state index contributed by atoms with van der Waals surface area (Å²) in [5.74, 6) is 1.15. The maximum absolute atomic E-state index is 10.9. The lowest BCUT2D eigenvalue weighted by atomic mass is 9.60. The second-order valence-electron chi connectivity index (χ2n) is 11.4. The number of rotatable bonds is 5. The summed E-state index contributed by atoms with van der Waals surface area (Å²) in [6.45, 7) is 0. The van der Waals surface area contributed by atoms with Crippen molar-refractivity contribution in [3.8, 4) is 33.9 Å². The fraction of sp³-hybridized carbons (Fsp3) is 0.212. The van der Waals surface area contributed by atoms with Gasteiger partial charge in [0.1, 0.15) is 5.52 Å². The predicted molar refractivity (Wildman–Crippen MR) is 155 cm³/mol. The SMILES string of the molecule is NC1(c2ccc(-c3nc4ccc5nnc(-c6ccccc6)n5c4nc3-c3ccccc3)cc2)CC(O)(C2CC2)C1. The summed E-state index contributed by atoms with van der Waals surface area (Å²) in [6, 6.07) is 32.4. The van der Waals surface area contributed by atoms with Gasteiger partial charge in [0.2, 0.25) is 0 Å². The zero-order chi connectivity index (χ0) is 26.9. The number of nitrogens with zero attached hydrogens (tertiary/aromatic N) is 5. The van der Waals surface area contributed by atoms with Crippen molar-refractivity contribution >= 4 is 16.8 Å². The van der Waals surface area contributed by atoms with Crippen molar-refractivity contribution < 1.29 is 5.11 Å². The van der Waals surface area contributed by atoms with Crippen LogP contribution in [0.4, 0.5) is 0 Å². The molecule has 3 N–H and O–H groups in total. The van der Waals surface area contributed by atoms with Gasteiger partial charge in [-0.3, -0.25) is 4.40 Å². The van der Waals surface area contributed by atoms with Crippen LogP contribution in [-0.4, -0.2) is 35.3 Å². The Kier molecular flexibility index (Phi) is 4.99. The van der Waals surface area contributed by atoms with Gasteiger partial charge in [0.15, 0.2) is 17.1 Å². The quantitative estimate of drug-likeness (QED) is 0.297. The summed E-state index contributed by atoms with van der Waals surface area (Å²) in [7, 11) is 0. The van der Waals surface area contributed by atoms with Crippen molar-refractivity contribution in [2.75, 3.05) is 0 Å². The summed E-state index contributed by atoms with van der Waals surface area (Å²) >= 11 is 0. The fourth-order valence-electron chi connectivity index (χ4n) is 6.37. The standard InChI is InChI=1S/C33H28N6O/c34-32(19-33(40,20-32)25-15-16-25)24-13-11-22(12-14-24)28-29(21-7-3-1-4-8-21)36-31-26(35-28)17-18-27-37-38-30(39(27)31)23-9-5-2-6-10-23/h1-14,17-18,25,40H,15-16,19-20,34H2. The summed E-state index contributed by atoms with van der Waals surface area (Å²) in [5.41, 5.74) is 13.4. The first-order valence-electron chi connectivity index (χ1n) is 13.8. The molecular weight excluding hydrogens is 496 g/mol. The Labute approximate surface area is 231 Å². The molecule has 3 aromatic carbocycles. The molecule has 2 aliphatic rings. The zero-order valence-corrected chi connectivity index (χ0v) is 21.9. The van der Waals surface area contributed by atoms with Crippen molar-refractivity contribution in [2.45, 2.75) is 36.8 Å². The molecule has 2 fully saturated rings. The van der Waals surface area contributed by atoms with Gasteiger partial charge in [-0.2, -0.15) is 0 Å². The lowest BCUT2D eigenvalue weighted by Gasteiger charge is -2.52. The Hall–Kier alpha value is -4.46. The van der Waals surface area contributed by atoms with E-state index in [0.717, 1.165) is 63.5 Å².